The first-order valence-corrected chi connectivity index (χ1v) is 14.3. The normalized spacial score (nSPS) is 14.8. The van der Waals surface area contributed by atoms with Crippen molar-refractivity contribution in [3.05, 3.63) is 88.9 Å². The molecule has 1 aromatic heterocycles. The number of ether oxygens (including phenoxy) is 1. The summed E-state index contributed by atoms with van der Waals surface area (Å²) in [6, 6.07) is 13.4. The van der Waals surface area contributed by atoms with Crippen LogP contribution in [-0.2, 0) is 12.0 Å². The van der Waals surface area contributed by atoms with Crippen molar-refractivity contribution in [3.8, 4) is 5.75 Å². The highest BCUT2D eigenvalue weighted by Gasteiger charge is 2.23. The molecule has 2 heterocycles. The van der Waals surface area contributed by atoms with Gasteiger partial charge in [-0.25, -0.2) is 5.84 Å². The predicted molar refractivity (Wildman–Crippen MR) is 168 cm³/mol. The lowest BCUT2D eigenvalue weighted by Gasteiger charge is -2.26. The first-order valence-electron chi connectivity index (χ1n) is 14.3. The zero-order valence-corrected chi connectivity index (χ0v) is 25.0. The molecule has 1 fully saturated rings. The van der Waals surface area contributed by atoms with Crippen LogP contribution < -0.4 is 26.6 Å². The maximum absolute atomic E-state index is 13.6. The maximum atomic E-state index is 13.6. The first kappa shape index (κ1) is 30.1. The highest BCUT2D eigenvalue weighted by molar-refractivity contribution is 6.06. The van der Waals surface area contributed by atoms with Gasteiger partial charge in [-0.1, -0.05) is 45.7 Å². The number of aromatic nitrogens is 1. The quantitative estimate of drug-likeness (QED) is 0.232. The van der Waals surface area contributed by atoms with E-state index in [1.165, 1.54) is 30.7 Å². The molecule has 0 aliphatic carbocycles. The van der Waals surface area contributed by atoms with Gasteiger partial charge in [-0.2, -0.15) is 0 Å². The number of carbonyl (C=O) groups excluding carboxylic acids is 1. The van der Waals surface area contributed by atoms with Crippen molar-refractivity contribution in [2.75, 3.05) is 30.5 Å². The van der Waals surface area contributed by atoms with Gasteiger partial charge in [0, 0.05) is 41.8 Å². The smallest absolute Gasteiger partial charge is 0.255 e. The number of pyridine rings is 1. The number of hydrogen-bond acceptors (Lipinski definition) is 7. The summed E-state index contributed by atoms with van der Waals surface area (Å²) in [4.78, 5) is 20.2. The second-order valence-electron chi connectivity index (χ2n) is 11.8. The van der Waals surface area contributed by atoms with Crippen molar-refractivity contribution in [3.63, 3.8) is 0 Å². The standard InChI is InChI=1S/C33H44N6O2/c1-23-12-13-24(18-30(23)39(35)22-28(34)25-11-10-14-36-20-25)32(40)37-29-19-27(33(2,3)4)17-26(31(29)41-5)21-38-15-8-6-7-9-16-38/h10-14,17-20,22H,6-9,15-16,21,34-35H2,1-5H3,(H,37,40)/b28-22-. The molecule has 0 atom stereocenters. The number of anilines is 2. The summed E-state index contributed by atoms with van der Waals surface area (Å²) in [5.41, 5.74) is 12.3. The van der Waals surface area contributed by atoms with Gasteiger partial charge < -0.3 is 15.8 Å². The van der Waals surface area contributed by atoms with Crippen LogP contribution in [0.5, 0.6) is 5.75 Å². The maximum Gasteiger partial charge on any atom is 0.255 e. The highest BCUT2D eigenvalue weighted by atomic mass is 16.5. The fourth-order valence-electron chi connectivity index (χ4n) is 5.16. The number of methoxy groups -OCH3 is 1. The third kappa shape index (κ3) is 7.65. The highest BCUT2D eigenvalue weighted by Crippen LogP contribution is 2.37. The van der Waals surface area contributed by atoms with E-state index in [1.54, 1.807) is 37.8 Å². The van der Waals surface area contributed by atoms with E-state index in [0.29, 0.717) is 28.4 Å². The van der Waals surface area contributed by atoms with E-state index in [9.17, 15) is 4.79 Å². The summed E-state index contributed by atoms with van der Waals surface area (Å²) in [7, 11) is 1.67. The van der Waals surface area contributed by atoms with Gasteiger partial charge >= 0.3 is 0 Å². The van der Waals surface area contributed by atoms with Crippen LogP contribution in [0.4, 0.5) is 11.4 Å². The molecule has 1 saturated heterocycles. The number of benzene rings is 2. The molecular weight excluding hydrogens is 512 g/mol. The molecule has 1 aliphatic rings. The average Bonchev–Trinajstić information content (AvgIpc) is 3.21. The summed E-state index contributed by atoms with van der Waals surface area (Å²) in [6.45, 7) is 11.4. The summed E-state index contributed by atoms with van der Waals surface area (Å²) in [5.74, 6) is 6.85. The van der Waals surface area contributed by atoms with Crippen LogP contribution in [0.15, 0.2) is 61.1 Å². The minimum absolute atomic E-state index is 0.100. The number of rotatable bonds is 8. The number of amides is 1. The minimum atomic E-state index is -0.242. The van der Waals surface area contributed by atoms with Crippen LogP contribution in [0.1, 0.15) is 79.1 Å². The molecule has 1 amide bonds. The molecule has 3 aromatic rings. The van der Waals surface area contributed by atoms with Gasteiger partial charge in [-0.3, -0.25) is 19.7 Å². The van der Waals surface area contributed by atoms with Crippen molar-refractivity contribution in [1.82, 2.24) is 9.88 Å². The van der Waals surface area contributed by atoms with Gasteiger partial charge in [0.25, 0.3) is 5.91 Å². The summed E-state index contributed by atoms with van der Waals surface area (Å²) in [6.07, 6.45) is 9.97. The molecule has 1 aliphatic heterocycles. The number of aryl methyl sites for hydroxylation is 1. The molecule has 218 valence electrons. The summed E-state index contributed by atoms with van der Waals surface area (Å²) in [5, 5.41) is 4.58. The minimum Gasteiger partial charge on any atom is -0.494 e. The predicted octanol–water partition coefficient (Wildman–Crippen LogP) is 5.96. The van der Waals surface area contributed by atoms with Crippen LogP contribution in [0, 0.1) is 6.92 Å². The molecule has 8 nitrogen and oxygen atoms in total. The fourth-order valence-corrected chi connectivity index (χ4v) is 5.16. The van der Waals surface area contributed by atoms with Gasteiger partial charge in [0.15, 0.2) is 0 Å². The molecule has 41 heavy (non-hydrogen) atoms. The summed E-state index contributed by atoms with van der Waals surface area (Å²) < 4.78 is 5.92. The number of carbonyl (C=O) groups is 1. The molecule has 0 saturated carbocycles. The molecule has 4 rings (SSSR count). The Kier molecular flexibility index (Phi) is 9.68. The van der Waals surface area contributed by atoms with E-state index < -0.39 is 0 Å². The molecular formula is C33H44N6O2. The number of nitrogens with zero attached hydrogens (tertiary/aromatic N) is 3. The van der Waals surface area contributed by atoms with E-state index in [4.69, 9.17) is 16.3 Å². The Hall–Kier alpha value is -3.88. The Bertz CT molecular complexity index is 1370. The number of nitrogens with two attached hydrogens (primary N) is 2. The molecule has 0 unspecified atom stereocenters. The fraction of sp³-hybridized carbons (Fsp3) is 0.394. The number of likely N-dealkylation sites (tertiary alicyclic amines) is 1. The van der Waals surface area contributed by atoms with Gasteiger partial charge in [0.2, 0.25) is 0 Å². The molecule has 2 aromatic carbocycles. The SMILES string of the molecule is COc1c(CN2CCCCCC2)cc(C(C)(C)C)cc1NC(=O)c1ccc(C)c(N(N)/C=C(\N)c2cccnc2)c1. The Morgan fingerprint density at radius 3 is 2.46 bits per heavy atom. The molecule has 8 heteroatoms. The Balaban J connectivity index is 1.63. The van der Waals surface area contributed by atoms with Gasteiger partial charge in [0.1, 0.15) is 5.75 Å². The Morgan fingerprint density at radius 1 is 1.10 bits per heavy atom. The lowest BCUT2D eigenvalue weighted by Crippen LogP contribution is -2.27. The van der Waals surface area contributed by atoms with Crippen LogP contribution in [0.2, 0.25) is 0 Å². The van der Waals surface area contributed by atoms with E-state index in [1.807, 2.05) is 31.2 Å². The van der Waals surface area contributed by atoms with Gasteiger partial charge in [0.05, 0.1) is 24.2 Å². The molecule has 0 bridgehead atoms. The largest absolute Gasteiger partial charge is 0.494 e. The van der Waals surface area contributed by atoms with E-state index in [-0.39, 0.29) is 11.3 Å². The second kappa shape index (κ2) is 13.2. The lowest BCUT2D eigenvalue weighted by molar-refractivity contribution is 0.102. The third-order valence-corrected chi connectivity index (χ3v) is 7.60. The topological polar surface area (TPSA) is 110 Å². The average molecular weight is 557 g/mol. The second-order valence-corrected chi connectivity index (χ2v) is 11.8. The van der Waals surface area contributed by atoms with Gasteiger partial charge in [-0.05, 0) is 79.7 Å². The Labute approximate surface area is 244 Å². The first-order chi connectivity index (χ1) is 19.6. The third-order valence-electron chi connectivity index (χ3n) is 7.60. The van der Waals surface area contributed by atoms with Crippen LogP contribution >= 0.6 is 0 Å². The Morgan fingerprint density at radius 2 is 1.83 bits per heavy atom. The van der Waals surface area contributed by atoms with Crippen LogP contribution in [-0.4, -0.2) is 36.0 Å². The zero-order chi connectivity index (χ0) is 29.6. The molecule has 0 radical (unpaired) electrons. The monoisotopic (exact) mass is 556 g/mol. The van der Waals surface area contributed by atoms with Crippen molar-refractivity contribution >= 4 is 23.0 Å². The van der Waals surface area contributed by atoms with Crippen LogP contribution in [0.3, 0.4) is 0 Å². The number of hydrogen-bond donors (Lipinski definition) is 3. The van der Waals surface area contributed by atoms with Crippen molar-refractivity contribution in [2.24, 2.45) is 11.6 Å². The summed E-state index contributed by atoms with van der Waals surface area (Å²) >= 11 is 0. The van der Waals surface area contributed by atoms with E-state index in [2.05, 4.69) is 42.0 Å². The van der Waals surface area contributed by atoms with Crippen molar-refractivity contribution < 1.29 is 9.53 Å². The number of hydrazine groups is 1. The number of nitrogens with one attached hydrogen (secondary N) is 1. The van der Waals surface area contributed by atoms with Crippen molar-refractivity contribution in [2.45, 2.75) is 65.3 Å². The van der Waals surface area contributed by atoms with E-state index >= 15 is 0 Å². The van der Waals surface area contributed by atoms with Crippen molar-refractivity contribution in [1.29, 1.82) is 0 Å². The zero-order valence-electron chi connectivity index (χ0n) is 25.0. The molecule has 5 N–H and O–H groups in total. The van der Waals surface area contributed by atoms with Crippen LogP contribution in [0.25, 0.3) is 5.70 Å². The molecule has 0 spiro atoms. The van der Waals surface area contributed by atoms with E-state index in [0.717, 1.165) is 41.9 Å². The lowest BCUT2D eigenvalue weighted by atomic mass is 9.85. The van der Waals surface area contributed by atoms with Gasteiger partial charge in [-0.15, -0.1) is 0 Å².